The van der Waals surface area contributed by atoms with Gasteiger partial charge in [-0.25, -0.2) is 0 Å². The Labute approximate surface area is 166 Å². The number of nitrogens with zero attached hydrogens (tertiary/aromatic N) is 1. The van der Waals surface area contributed by atoms with Gasteiger partial charge in [-0.15, -0.1) is 0 Å². The molecule has 1 amide bonds. The first-order valence-corrected chi connectivity index (χ1v) is 9.92. The number of rotatable bonds is 7. The Kier molecular flexibility index (Phi) is 5.60. The van der Waals surface area contributed by atoms with Gasteiger partial charge in [-0.1, -0.05) is 66.2 Å². The van der Waals surface area contributed by atoms with Crippen LogP contribution >= 0.6 is 0 Å². The Morgan fingerprint density at radius 3 is 2.18 bits per heavy atom. The third kappa shape index (κ3) is 3.75. The lowest BCUT2D eigenvalue weighted by molar-refractivity contribution is -0.140. The van der Waals surface area contributed by atoms with Crippen LogP contribution in [-0.4, -0.2) is 35.6 Å². The maximum absolute atomic E-state index is 12.7. The van der Waals surface area contributed by atoms with Crippen LogP contribution in [0.2, 0.25) is 0 Å². The van der Waals surface area contributed by atoms with Gasteiger partial charge in [0.1, 0.15) is 0 Å². The number of fused-ring (bicyclic) bond motifs is 1. The maximum Gasteiger partial charge on any atom is 0.252 e. The normalized spacial score (nSPS) is 23.5. The van der Waals surface area contributed by atoms with Crippen LogP contribution in [0.1, 0.15) is 31.4 Å². The van der Waals surface area contributed by atoms with Crippen LogP contribution in [0.25, 0.3) is 0 Å². The van der Waals surface area contributed by atoms with E-state index >= 15 is 0 Å². The molecule has 2 fully saturated rings. The standard InChI is InChI=1S/C24H27NO3/c1-17(2)23-20-13-22(28-15-19-11-7-4-8-12-19)21(25(20)24(23)26)16-27-14-18-9-5-3-6-10-18/h3-12,20-22H,13-16H2,1-2H3/t20-,21+,22+/m1/s1. The topological polar surface area (TPSA) is 38.8 Å². The van der Waals surface area contributed by atoms with Gasteiger partial charge in [0.25, 0.3) is 5.91 Å². The predicted molar refractivity (Wildman–Crippen MR) is 109 cm³/mol. The number of allylic oxidation sites excluding steroid dienone is 1. The van der Waals surface area contributed by atoms with Gasteiger partial charge in [0, 0.05) is 12.0 Å². The van der Waals surface area contributed by atoms with Crippen molar-refractivity contribution in [3.8, 4) is 0 Å². The molecular weight excluding hydrogens is 350 g/mol. The zero-order valence-electron chi connectivity index (χ0n) is 16.5. The quantitative estimate of drug-likeness (QED) is 0.538. The van der Waals surface area contributed by atoms with E-state index in [0.29, 0.717) is 19.8 Å². The molecule has 2 saturated heterocycles. The van der Waals surface area contributed by atoms with E-state index in [4.69, 9.17) is 9.47 Å². The molecule has 0 aliphatic carbocycles. The van der Waals surface area contributed by atoms with E-state index in [-0.39, 0.29) is 24.1 Å². The average molecular weight is 377 g/mol. The summed E-state index contributed by atoms with van der Waals surface area (Å²) in [5, 5.41) is 0. The summed E-state index contributed by atoms with van der Waals surface area (Å²) in [6.07, 6.45) is 0.833. The van der Waals surface area contributed by atoms with Crippen molar-refractivity contribution in [1.82, 2.24) is 4.90 Å². The molecule has 0 spiro atoms. The third-order valence-electron chi connectivity index (χ3n) is 5.62. The van der Waals surface area contributed by atoms with Crippen LogP contribution in [-0.2, 0) is 27.5 Å². The maximum atomic E-state index is 12.7. The molecule has 0 saturated carbocycles. The van der Waals surface area contributed by atoms with Crippen LogP contribution in [0.4, 0.5) is 0 Å². The summed E-state index contributed by atoms with van der Waals surface area (Å²) in [7, 11) is 0. The van der Waals surface area contributed by atoms with Crippen molar-refractivity contribution in [2.75, 3.05) is 6.61 Å². The first kappa shape index (κ1) is 18.9. The van der Waals surface area contributed by atoms with E-state index in [0.717, 1.165) is 28.7 Å². The summed E-state index contributed by atoms with van der Waals surface area (Å²) in [5.41, 5.74) is 4.35. The van der Waals surface area contributed by atoms with Crippen molar-refractivity contribution in [3.63, 3.8) is 0 Å². The summed E-state index contributed by atoms with van der Waals surface area (Å²) < 4.78 is 12.3. The fourth-order valence-electron chi connectivity index (χ4n) is 4.23. The van der Waals surface area contributed by atoms with Crippen molar-refractivity contribution in [2.45, 2.75) is 51.7 Å². The second kappa shape index (κ2) is 8.29. The molecule has 0 N–H and O–H groups in total. The first-order chi connectivity index (χ1) is 13.6. The summed E-state index contributed by atoms with van der Waals surface area (Å²) >= 11 is 0. The lowest BCUT2D eigenvalue weighted by Crippen LogP contribution is -2.56. The first-order valence-electron chi connectivity index (χ1n) is 9.92. The number of carbonyl (C=O) groups excluding carboxylic acids is 1. The predicted octanol–water partition coefficient (Wildman–Crippen LogP) is 4.11. The minimum absolute atomic E-state index is 0.0122. The largest absolute Gasteiger partial charge is 0.375 e. The highest BCUT2D eigenvalue weighted by Gasteiger charge is 2.55. The van der Waals surface area contributed by atoms with Crippen LogP contribution in [0.15, 0.2) is 71.8 Å². The highest BCUT2D eigenvalue weighted by Crippen LogP contribution is 2.42. The van der Waals surface area contributed by atoms with Gasteiger partial charge in [-0.3, -0.25) is 4.79 Å². The number of carbonyl (C=O) groups is 1. The molecule has 3 atom stereocenters. The highest BCUT2D eigenvalue weighted by molar-refractivity contribution is 6.03. The van der Waals surface area contributed by atoms with Gasteiger partial charge < -0.3 is 14.4 Å². The lowest BCUT2D eigenvalue weighted by Gasteiger charge is -2.41. The minimum atomic E-state index is -0.0342. The Morgan fingerprint density at radius 1 is 0.964 bits per heavy atom. The Hall–Kier alpha value is -2.43. The summed E-state index contributed by atoms with van der Waals surface area (Å²) in [4.78, 5) is 14.7. The molecule has 0 bridgehead atoms. The van der Waals surface area contributed by atoms with Gasteiger partial charge in [-0.2, -0.15) is 0 Å². The van der Waals surface area contributed by atoms with Gasteiger partial charge in [0.2, 0.25) is 0 Å². The number of ether oxygens (including phenoxy) is 2. The third-order valence-corrected chi connectivity index (χ3v) is 5.62. The zero-order valence-corrected chi connectivity index (χ0v) is 16.5. The number of amides is 1. The molecule has 0 unspecified atom stereocenters. The van der Waals surface area contributed by atoms with E-state index in [1.807, 2.05) is 55.1 Å². The molecule has 146 valence electrons. The van der Waals surface area contributed by atoms with Gasteiger partial charge in [0.05, 0.1) is 38.0 Å². The number of β-lactam (4-membered cyclic amide) rings is 1. The summed E-state index contributed by atoms with van der Waals surface area (Å²) in [6.45, 7) is 5.63. The van der Waals surface area contributed by atoms with Gasteiger partial charge in [0.15, 0.2) is 0 Å². The fraction of sp³-hybridized carbons (Fsp3) is 0.375. The van der Waals surface area contributed by atoms with Crippen LogP contribution in [0, 0.1) is 0 Å². The highest BCUT2D eigenvalue weighted by atomic mass is 16.5. The molecule has 2 aliphatic heterocycles. The Morgan fingerprint density at radius 2 is 1.57 bits per heavy atom. The Bertz CT molecular complexity index is 843. The molecule has 0 aromatic heterocycles. The SMILES string of the molecule is CC(C)=C1C(=O)N2[C@@H]1C[C@H](OCc1ccccc1)[C@@H]2COCc1ccccc1. The van der Waals surface area contributed by atoms with Crippen molar-refractivity contribution >= 4 is 5.91 Å². The number of hydrogen-bond donors (Lipinski definition) is 0. The zero-order chi connectivity index (χ0) is 19.5. The fourth-order valence-corrected chi connectivity index (χ4v) is 4.23. The molecule has 2 aromatic carbocycles. The molecule has 4 rings (SSSR count). The van der Waals surface area contributed by atoms with Crippen molar-refractivity contribution in [2.24, 2.45) is 0 Å². The minimum Gasteiger partial charge on any atom is -0.375 e. The average Bonchev–Trinajstić information content (AvgIpc) is 3.01. The van der Waals surface area contributed by atoms with Gasteiger partial charge >= 0.3 is 0 Å². The second-order valence-corrected chi connectivity index (χ2v) is 7.78. The molecule has 0 radical (unpaired) electrons. The lowest BCUT2D eigenvalue weighted by atomic mass is 9.91. The van der Waals surface area contributed by atoms with Crippen molar-refractivity contribution in [3.05, 3.63) is 82.9 Å². The van der Waals surface area contributed by atoms with Crippen LogP contribution in [0.5, 0.6) is 0 Å². The smallest absolute Gasteiger partial charge is 0.252 e. The molecule has 2 aliphatic rings. The summed E-state index contributed by atoms with van der Waals surface area (Å²) in [5.74, 6) is 0.143. The van der Waals surface area contributed by atoms with Crippen molar-refractivity contribution in [1.29, 1.82) is 0 Å². The molecular formula is C24H27NO3. The van der Waals surface area contributed by atoms with E-state index < -0.39 is 0 Å². The number of benzene rings is 2. The van der Waals surface area contributed by atoms with E-state index in [2.05, 4.69) is 24.3 Å². The molecule has 2 aromatic rings. The molecule has 4 heteroatoms. The molecule has 2 heterocycles. The van der Waals surface area contributed by atoms with Crippen LogP contribution in [0.3, 0.4) is 0 Å². The number of hydrogen-bond acceptors (Lipinski definition) is 3. The second-order valence-electron chi connectivity index (χ2n) is 7.78. The van der Waals surface area contributed by atoms with Crippen LogP contribution < -0.4 is 0 Å². The van der Waals surface area contributed by atoms with E-state index in [1.165, 1.54) is 0 Å². The van der Waals surface area contributed by atoms with E-state index in [9.17, 15) is 4.79 Å². The van der Waals surface area contributed by atoms with E-state index in [1.54, 1.807) is 0 Å². The molecule has 4 nitrogen and oxygen atoms in total. The van der Waals surface area contributed by atoms with Crippen molar-refractivity contribution < 1.29 is 14.3 Å². The summed E-state index contributed by atoms with van der Waals surface area (Å²) in [6, 6.07) is 20.4. The Balaban J connectivity index is 1.43. The van der Waals surface area contributed by atoms with Gasteiger partial charge in [-0.05, 0) is 25.0 Å². The monoisotopic (exact) mass is 377 g/mol. The molecule has 28 heavy (non-hydrogen) atoms.